The molecule has 0 spiro atoms. The van der Waals surface area contributed by atoms with Crippen LogP contribution >= 0.6 is 11.8 Å². The Morgan fingerprint density at radius 2 is 1.70 bits per heavy atom. The minimum atomic E-state index is -0.363. The SMILES string of the molecule is OCc1c(F)cccc1Sc1ccc2ccccc2c1. The van der Waals surface area contributed by atoms with Crippen LogP contribution in [0, 0.1) is 5.82 Å². The van der Waals surface area contributed by atoms with Gasteiger partial charge in [0.2, 0.25) is 0 Å². The first-order valence-electron chi connectivity index (χ1n) is 6.33. The van der Waals surface area contributed by atoms with Crippen molar-refractivity contribution < 1.29 is 9.50 Å². The summed E-state index contributed by atoms with van der Waals surface area (Å²) in [5.74, 6) is -0.363. The summed E-state index contributed by atoms with van der Waals surface area (Å²) < 4.78 is 13.6. The van der Waals surface area contributed by atoms with E-state index in [0.717, 1.165) is 15.2 Å². The van der Waals surface area contributed by atoms with Crippen LogP contribution in [0.1, 0.15) is 5.56 Å². The van der Waals surface area contributed by atoms with E-state index in [9.17, 15) is 9.50 Å². The lowest BCUT2D eigenvalue weighted by Gasteiger charge is -2.08. The molecule has 3 aromatic rings. The number of benzene rings is 3. The molecule has 0 saturated heterocycles. The van der Waals surface area contributed by atoms with Gasteiger partial charge in [-0.15, -0.1) is 0 Å². The second kappa shape index (κ2) is 5.65. The molecule has 3 aromatic carbocycles. The smallest absolute Gasteiger partial charge is 0.129 e. The minimum absolute atomic E-state index is 0.289. The van der Waals surface area contributed by atoms with Gasteiger partial charge in [0.15, 0.2) is 0 Å². The maximum Gasteiger partial charge on any atom is 0.129 e. The van der Waals surface area contributed by atoms with Crippen molar-refractivity contribution in [1.82, 2.24) is 0 Å². The number of fused-ring (bicyclic) bond motifs is 1. The van der Waals surface area contributed by atoms with Gasteiger partial charge in [-0.3, -0.25) is 0 Å². The van der Waals surface area contributed by atoms with E-state index in [1.54, 1.807) is 6.07 Å². The van der Waals surface area contributed by atoms with Crippen molar-refractivity contribution in [2.75, 3.05) is 0 Å². The third kappa shape index (κ3) is 2.55. The van der Waals surface area contributed by atoms with Gasteiger partial charge in [-0.2, -0.15) is 0 Å². The zero-order chi connectivity index (χ0) is 13.9. The summed E-state index contributed by atoms with van der Waals surface area (Å²) in [7, 11) is 0. The van der Waals surface area contributed by atoms with E-state index < -0.39 is 0 Å². The lowest BCUT2D eigenvalue weighted by molar-refractivity contribution is 0.272. The van der Waals surface area contributed by atoms with Crippen molar-refractivity contribution in [3.8, 4) is 0 Å². The Morgan fingerprint density at radius 3 is 2.50 bits per heavy atom. The molecule has 0 saturated carbocycles. The van der Waals surface area contributed by atoms with Crippen molar-refractivity contribution >= 4 is 22.5 Å². The highest BCUT2D eigenvalue weighted by molar-refractivity contribution is 7.99. The van der Waals surface area contributed by atoms with Crippen molar-refractivity contribution in [2.45, 2.75) is 16.4 Å². The molecule has 0 aliphatic carbocycles. The van der Waals surface area contributed by atoms with E-state index in [-0.39, 0.29) is 12.4 Å². The van der Waals surface area contributed by atoms with Crippen molar-refractivity contribution in [3.63, 3.8) is 0 Å². The molecular formula is C17H13FOS. The van der Waals surface area contributed by atoms with Gasteiger partial charge in [-0.1, -0.05) is 48.2 Å². The maximum atomic E-state index is 13.6. The van der Waals surface area contributed by atoms with Gasteiger partial charge >= 0.3 is 0 Å². The molecule has 0 aliphatic heterocycles. The Bertz CT molecular complexity index is 755. The summed E-state index contributed by atoms with van der Waals surface area (Å²) >= 11 is 1.47. The average Bonchev–Trinajstić information content (AvgIpc) is 2.47. The van der Waals surface area contributed by atoms with E-state index >= 15 is 0 Å². The highest BCUT2D eigenvalue weighted by Crippen LogP contribution is 2.33. The molecule has 3 heteroatoms. The molecule has 3 rings (SSSR count). The molecule has 0 fully saturated rings. The van der Waals surface area contributed by atoms with Crippen molar-refractivity contribution in [2.24, 2.45) is 0 Å². The second-order valence-corrected chi connectivity index (χ2v) is 5.60. The van der Waals surface area contributed by atoms with Crippen molar-refractivity contribution in [1.29, 1.82) is 0 Å². The minimum Gasteiger partial charge on any atom is -0.392 e. The first kappa shape index (κ1) is 13.2. The zero-order valence-electron chi connectivity index (χ0n) is 10.7. The number of aliphatic hydroxyl groups excluding tert-OH is 1. The number of rotatable bonds is 3. The van der Waals surface area contributed by atoms with Crippen LogP contribution in [-0.4, -0.2) is 5.11 Å². The molecule has 100 valence electrons. The van der Waals surface area contributed by atoms with Gasteiger partial charge < -0.3 is 5.11 Å². The molecule has 0 aromatic heterocycles. The summed E-state index contributed by atoms with van der Waals surface area (Å²) in [6.07, 6.45) is 0. The molecular weight excluding hydrogens is 271 g/mol. The fourth-order valence-electron chi connectivity index (χ4n) is 2.15. The molecule has 0 amide bonds. The summed E-state index contributed by atoms with van der Waals surface area (Å²) in [6, 6.07) is 19.1. The fraction of sp³-hybridized carbons (Fsp3) is 0.0588. The molecule has 1 N–H and O–H groups in total. The van der Waals surface area contributed by atoms with Gasteiger partial charge in [0.05, 0.1) is 6.61 Å². The molecule has 0 bridgehead atoms. The van der Waals surface area contributed by atoms with E-state index in [0.29, 0.717) is 5.56 Å². The van der Waals surface area contributed by atoms with Crippen LogP contribution in [0.25, 0.3) is 10.8 Å². The zero-order valence-corrected chi connectivity index (χ0v) is 11.5. The largest absolute Gasteiger partial charge is 0.392 e. The molecule has 1 nitrogen and oxygen atoms in total. The van der Waals surface area contributed by atoms with Gasteiger partial charge in [0, 0.05) is 15.4 Å². The summed E-state index contributed by atoms with van der Waals surface area (Å²) in [6.45, 7) is -0.289. The lowest BCUT2D eigenvalue weighted by atomic mass is 10.1. The van der Waals surface area contributed by atoms with Crippen LogP contribution in [0.5, 0.6) is 0 Å². The fourth-order valence-corrected chi connectivity index (χ4v) is 3.15. The van der Waals surface area contributed by atoms with Crippen LogP contribution in [-0.2, 0) is 6.61 Å². The average molecular weight is 284 g/mol. The molecule has 0 aliphatic rings. The molecule has 20 heavy (non-hydrogen) atoms. The molecule has 0 unspecified atom stereocenters. The Kier molecular flexibility index (Phi) is 3.72. The normalized spacial score (nSPS) is 10.9. The topological polar surface area (TPSA) is 20.2 Å². The maximum absolute atomic E-state index is 13.6. The number of hydrogen-bond donors (Lipinski definition) is 1. The van der Waals surface area contributed by atoms with E-state index in [1.165, 1.54) is 23.2 Å². The Balaban J connectivity index is 1.99. The van der Waals surface area contributed by atoms with Gasteiger partial charge in [-0.25, -0.2) is 4.39 Å². The van der Waals surface area contributed by atoms with Crippen LogP contribution in [0.3, 0.4) is 0 Å². The first-order chi connectivity index (χ1) is 9.78. The monoisotopic (exact) mass is 284 g/mol. The number of hydrogen-bond acceptors (Lipinski definition) is 2. The van der Waals surface area contributed by atoms with E-state index in [4.69, 9.17) is 0 Å². The van der Waals surface area contributed by atoms with Crippen molar-refractivity contribution in [3.05, 3.63) is 72.0 Å². The third-order valence-electron chi connectivity index (χ3n) is 3.18. The van der Waals surface area contributed by atoms with Crippen LogP contribution < -0.4 is 0 Å². The Hall–Kier alpha value is -1.84. The highest BCUT2D eigenvalue weighted by Gasteiger charge is 2.08. The van der Waals surface area contributed by atoms with Crippen LogP contribution in [0.4, 0.5) is 4.39 Å². The Morgan fingerprint density at radius 1 is 0.900 bits per heavy atom. The Labute approximate surface area is 121 Å². The quantitative estimate of drug-likeness (QED) is 0.757. The van der Waals surface area contributed by atoms with Crippen LogP contribution in [0.2, 0.25) is 0 Å². The number of aliphatic hydroxyl groups is 1. The first-order valence-corrected chi connectivity index (χ1v) is 7.14. The third-order valence-corrected chi connectivity index (χ3v) is 4.27. The van der Waals surface area contributed by atoms with Gasteiger partial charge in [-0.05, 0) is 35.0 Å². The standard InChI is InChI=1S/C17H13FOS/c18-16-6-3-7-17(15(16)11-19)20-14-9-8-12-4-1-2-5-13(12)10-14/h1-10,19H,11H2. The lowest BCUT2D eigenvalue weighted by Crippen LogP contribution is -1.92. The summed E-state index contributed by atoms with van der Waals surface area (Å²) in [4.78, 5) is 1.78. The summed E-state index contributed by atoms with van der Waals surface area (Å²) in [5.41, 5.74) is 0.352. The van der Waals surface area contributed by atoms with Crippen LogP contribution in [0.15, 0.2) is 70.5 Å². The predicted molar refractivity (Wildman–Crippen MR) is 80.4 cm³/mol. The molecule has 0 heterocycles. The second-order valence-electron chi connectivity index (χ2n) is 4.49. The molecule has 0 radical (unpaired) electrons. The highest BCUT2D eigenvalue weighted by atomic mass is 32.2. The van der Waals surface area contributed by atoms with E-state index in [2.05, 4.69) is 24.3 Å². The van der Waals surface area contributed by atoms with E-state index in [1.807, 2.05) is 24.3 Å². The summed E-state index contributed by atoms with van der Waals surface area (Å²) in [5, 5.41) is 11.6. The predicted octanol–water partition coefficient (Wildman–Crippen LogP) is 4.62. The number of halogens is 1. The van der Waals surface area contributed by atoms with Gasteiger partial charge in [0.25, 0.3) is 0 Å². The van der Waals surface area contributed by atoms with Gasteiger partial charge in [0.1, 0.15) is 5.82 Å². The molecule has 0 atom stereocenters.